The molecule has 0 spiro atoms. The lowest BCUT2D eigenvalue weighted by molar-refractivity contribution is 0.0686. The maximum Gasteiger partial charge on any atom is 0.358 e. The summed E-state index contributed by atoms with van der Waals surface area (Å²) in [6.07, 6.45) is 1.98. The fourth-order valence-corrected chi connectivity index (χ4v) is 1.94. The van der Waals surface area contributed by atoms with Gasteiger partial charge >= 0.3 is 5.97 Å². The van der Waals surface area contributed by atoms with Gasteiger partial charge in [0.2, 0.25) is 0 Å². The summed E-state index contributed by atoms with van der Waals surface area (Å²) in [5.74, 6) is -0.602. The third kappa shape index (κ3) is 2.34. The topological polar surface area (TPSA) is 63.3 Å². The van der Waals surface area contributed by atoms with E-state index in [0.717, 1.165) is 16.0 Å². The summed E-state index contributed by atoms with van der Waals surface area (Å²) in [6, 6.07) is 7.39. The Morgan fingerprint density at radius 2 is 2.18 bits per heavy atom. The van der Waals surface area contributed by atoms with Crippen molar-refractivity contribution in [2.24, 2.45) is 0 Å². The van der Waals surface area contributed by atoms with Gasteiger partial charge in [-0.15, -0.1) is 11.8 Å². The highest BCUT2D eigenvalue weighted by Crippen LogP contribution is 2.28. The first-order valence-corrected chi connectivity index (χ1v) is 6.19. The molecule has 0 atom stereocenters. The van der Waals surface area contributed by atoms with Crippen LogP contribution in [0.3, 0.4) is 0 Å². The van der Waals surface area contributed by atoms with Crippen molar-refractivity contribution < 1.29 is 14.4 Å². The monoisotopic (exact) mass is 249 g/mol. The summed E-state index contributed by atoms with van der Waals surface area (Å²) < 4.78 is 5.05. The van der Waals surface area contributed by atoms with E-state index < -0.39 is 5.97 Å². The Kier molecular flexibility index (Phi) is 3.19. The molecule has 4 nitrogen and oxygen atoms in total. The zero-order valence-electron chi connectivity index (χ0n) is 9.43. The summed E-state index contributed by atoms with van der Waals surface area (Å²) in [5.41, 5.74) is 1.82. The predicted molar refractivity (Wildman–Crippen MR) is 65.4 cm³/mol. The van der Waals surface area contributed by atoms with Crippen LogP contribution < -0.4 is 0 Å². The number of carboxylic acids is 1. The Morgan fingerprint density at radius 1 is 1.41 bits per heavy atom. The Morgan fingerprint density at radius 3 is 2.76 bits per heavy atom. The number of hydrogen-bond donors (Lipinski definition) is 1. The molecule has 0 fully saturated rings. The fraction of sp³-hybridized carbons (Fsp3) is 0.167. The van der Waals surface area contributed by atoms with Crippen molar-refractivity contribution in [3.8, 4) is 11.3 Å². The molecule has 0 aliphatic heterocycles. The van der Waals surface area contributed by atoms with Crippen LogP contribution in [-0.2, 0) is 0 Å². The van der Waals surface area contributed by atoms with Crippen molar-refractivity contribution in [2.75, 3.05) is 6.26 Å². The third-order valence-corrected chi connectivity index (χ3v) is 3.16. The molecule has 0 radical (unpaired) electrons. The van der Waals surface area contributed by atoms with Gasteiger partial charge in [-0.3, -0.25) is 0 Å². The third-order valence-electron chi connectivity index (χ3n) is 2.44. The van der Waals surface area contributed by atoms with E-state index in [1.165, 1.54) is 6.07 Å². The number of rotatable bonds is 3. The average molecular weight is 249 g/mol. The molecule has 1 N–H and O–H groups in total. The van der Waals surface area contributed by atoms with Gasteiger partial charge in [0, 0.05) is 16.5 Å². The van der Waals surface area contributed by atoms with Crippen LogP contribution >= 0.6 is 11.8 Å². The highest BCUT2D eigenvalue weighted by Gasteiger charge is 2.13. The van der Waals surface area contributed by atoms with Gasteiger partial charge in [-0.1, -0.05) is 11.2 Å². The van der Waals surface area contributed by atoms with Gasteiger partial charge in [-0.25, -0.2) is 4.79 Å². The number of carboxylic acid groups (broad SMARTS) is 1. The molecule has 88 valence electrons. The average Bonchev–Trinajstić information content (AvgIpc) is 2.79. The predicted octanol–water partition coefficient (Wildman–Crippen LogP) is 3.07. The van der Waals surface area contributed by atoms with E-state index in [1.807, 2.05) is 31.4 Å². The maximum atomic E-state index is 10.7. The zero-order chi connectivity index (χ0) is 12.4. The molecule has 5 heteroatoms. The molecular weight excluding hydrogens is 238 g/mol. The minimum absolute atomic E-state index is 0.0750. The van der Waals surface area contributed by atoms with E-state index in [0.29, 0.717) is 5.76 Å². The Bertz CT molecular complexity index is 563. The SMILES string of the molecule is CSc1ccc(C)c(-c2cc(C(=O)O)no2)c1. The van der Waals surface area contributed by atoms with Gasteiger partial charge in [0.15, 0.2) is 11.5 Å². The Labute approximate surface area is 103 Å². The molecule has 2 rings (SSSR count). The number of aromatic nitrogens is 1. The van der Waals surface area contributed by atoms with E-state index in [4.69, 9.17) is 9.63 Å². The molecule has 17 heavy (non-hydrogen) atoms. The first kappa shape index (κ1) is 11.7. The lowest BCUT2D eigenvalue weighted by Gasteiger charge is -2.03. The number of thioether (sulfide) groups is 1. The molecule has 0 amide bonds. The van der Waals surface area contributed by atoms with Gasteiger partial charge in [-0.05, 0) is 30.9 Å². The number of aromatic carboxylic acids is 1. The normalized spacial score (nSPS) is 10.5. The Hall–Kier alpha value is -1.75. The van der Waals surface area contributed by atoms with Crippen LogP contribution in [0.25, 0.3) is 11.3 Å². The van der Waals surface area contributed by atoms with Gasteiger partial charge in [-0.2, -0.15) is 0 Å². The molecule has 1 aromatic heterocycles. The van der Waals surface area contributed by atoms with Crippen LogP contribution in [0.5, 0.6) is 0 Å². The number of hydrogen-bond acceptors (Lipinski definition) is 4. The van der Waals surface area contributed by atoms with E-state index in [1.54, 1.807) is 11.8 Å². The van der Waals surface area contributed by atoms with Crippen molar-refractivity contribution in [3.05, 3.63) is 35.5 Å². The smallest absolute Gasteiger partial charge is 0.358 e. The number of benzene rings is 1. The van der Waals surface area contributed by atoms with Crippen LogP contribution in [-0.4, -0.2) is 22.5 Å². The number of carbonyl (C=O) groups is 1. The van der Waals surface area contributed by atoms with Crippen molar-refractivity contribution in [1.29, 1.82) is 0 Å². The first-order valence-electron chi connectivity index (χ1n) is 4.97. The number of nitrogens with zero attached hydrogens (tertiary/aromatic N) is 1. The second-order valence-corrected chi connectivity index (χ2v) is 4.44. The molecule has 1 aromatic carbocycles. The molecule has 2 aromatic rings. The van der Waals surface area contributed by atoms with Gasteiger partial charge in [0.25, 0.3) is 0 Å². The highest BCUT2D eigenvalue weighted by molar-refractivity contribution is 7.98. The van der Waals surface area contributed by atoms with E-state index in [2.05, 4.69) is 5.16 Å². The van der Waals surface area contributed by atoms with Crippen molar-refractivity contribution in [1.82, 2.24) is 5.16 Å². The first-order chi connectivity index (χ1) is 8.11. The van der Waals surface area contributed by atoms with Gasteiger partial charge in [0.1, 0.15) is 0 Å². The second kappa shape index (κ2) is 4.63. The molecule has 1 heterocycles. The molecule has 0 unspecified atom stereocenters. The van der Waals surface area contributed by atoms with E-state index in [9.17, 15) is 4.79 Å². The van der Waals surface area contributed by atoms with Crippen molar-refractivity contribution >= 4 is 17.7 Å². The summed E-state index contributed by atoms with van der Waals surface area (Å²) in [4.78, 5) is 11.8. The maximum absolute atomic E-state index is 10.7. The van der Waals surface area contributed by atoms with Crippen molar-refractivity contribution in [2.45, 2.75) is 11.8 Å². The van der Waals surface area contributed by atoms with Crippen LogP contribution in [0.2, 0.25) is 0 Å². The van der Waals surface area contributed by atoms with Crippen LogP contribution in [0.15, 0.2) is 33.7 Å². The standard InChI is InChI=1S/C12H11NO3S/c1-7-3-4-8(17-2)5-9(7)11-6-10(12(14)15)13-16-11/h3-6H,1-2H3,(H,14,15). The molecule has 0 aliphatic rings. The van der Waals surface area contributed by atoms with Crippen LogP contribution in [0.4, 0.5) is 0 Å². The minimum atomic E-state index is -1.08. The molecule has 0 aliphatic carbocycles. The summed E-state index contributed by atoms with van der Waals surface area (Å²) in [5, 5.41) is 12.3. The van der Waals surface area contributed by atoms with Crippen molar-refractivity contribution in [3.63, 3.8) is 0 Å². The number of aryl methyl sites for hydroxylation is 1. The minimum Gasteiger partial charge on any atom is -0.476 e. The zero-order valence-corrected chi connectivity index (χ0v) is 10.2. The van der Waals surface area contributed by atoms with Gasteiger partial charge < -0.3 is 9.63 Å². The highest BCUT2D eigenvalue weighted by atomic mass is 32.2. The lowest BCUT2D eigenvalue weighted by atomic mass is 10.1. The Balaban J connectivity index is 2.47. The quantitative estimate of drug-likeness (QED) is 0.847. The van der Waals surface area contributed by atoms with Crippen LogP contribution in [0.1, 0.15) is 16.1 Å². The largest absolute Gasteiger partial charge is 0.476 e. The molecule has 0 saturated carbocycles. The molecular formula is C12H11NO3S. The van der Waals surface area contributed by atoms with E-state index >= 15 is 0 Å². The second-order valence-electron chi connectivity index (χ2n) is 3.56. The molecule has 0 bridgehead atoms. The molecule has 0 saturated heterocycles. The van der Waals surface area contributed by atoms with Gasteiger partial charge in [0.05, 0.1) is 0 Å². The van der Waals surface area contributed by atoms with Crippen LogP contribution in [0, 0.1) is 6.92 Å². The summed E-state index contributed by atoms with van der Waals surface area (Å²) >= 11 is 1.62. The van der Waals surface area contributed by atoms with E-state index in [-0.39, 0.29) is 5.69 Å². The summed E-state index contributed by atoms with van der Waals surface area (Å²) in [6.45, 7) is 1.95. The fourth-order valence-electron chi connectivity index (χ4n) is 1.50. The summed E-state index contributed by atoms with van der Waals surface area (Å²) in [7, 11) is 0. The lowest BCUT2D eigenvalue weighted by Crippen LogP contribution is -1.94.